The molecule has 0 radical (unpaired) electrons. The summed E-state index contributed by atoms with van der Waals surface area (Å²) in [5.41, 5.74) is 0.0635. The second-order valence-corrected chi connectivity index (χ2v) is 12.0. The average Bonchev–Trinajstić information content (AvgIpc) is 3.07. The molecule has 7 nitrogen and oxygen atoms in total. The van der Waals surface area contributed by atoms with Crippen LogP contribution >= 0.6 is 0 Å². The van der Waals surface area contributed by atoms with Crippen LogP contribution in [0.4, 0.5) is 8.78 Å². The molecule has 0 aliphatic carbocycles. The van der Waals surface area contributed by atoms with Crippen molar-refractivity contribution in [2.75, 3.05) is 6.61 Å². The van der Waals surface area contributed by atoms with Gasteiger partial charge in [-0.25, -0.2) is 23.2 Å². The number of benzene rings is 3. The number of ether oxygens (including phenoxy) is 4. The largest absolute Gasteiger partial charge is 0.491 e. The summed E-state index contributed by atoms with van der Waals surface area (Å²) < 4.78 is 50.8. The highest BCUT2D eigenvalue weighted by molar-refractivity contribution is 5.93. The van der Waals surface area contributed by atoms with Crippen LogP contribution in [0.3, 0.4) is 0 Å². The number of hydrogen-bond acceptors (Lipinski definition) is 7. The summed E-state index contributed by atoms with van der Waals surface area (Å²) in [5.74, 6) is -4.26. The summed E-state index contributed by atoms with van der Waals surface area (Å²) in [7, 11) is 0. The van der Waals surface area contributed by atoms with Crippen LogP contribution in [0, 0.1) is 11.6 Å². The average molecular weight is 667 g/mol. The minimum Gasteiger partial charge on any atom is -0.491 e. The van der Waals surface area contributed by atoms with E-state index in [0.717, 1.165) is 69.6 Å². The minimum absolute atomic E-state index is 0.0286. The van der Waals surface area contributed by atoms with Crippen molar-refractivity contribution >= 4 is 17.9 Å². The summed E-state index contributed by atoms with van der Waals surface area (Å²) in [6.07, 6.45) is 14.0. The number of rotatable bonds is 21. The summed E-state index contributed by atoms with van der Waals surface area (Å²) in [6.45, 7) is 6.55. The Balaban J connectivity index is 1.46. The van der Waals surface area contributed by atoms with E-state index in [1.807, 2.05) is 6.92 Å². The third-order valence-electron chi connectivity index (χ3n) is 7.87. The predicted molar refractivity (Wildman–Crippen MR) is 181 cm³/mol. The molecule has 48 heavy (non-hydrogen) atoms. The fourth-order valence-corrected chi connectivity index (χ4v) is 5.03. The molecule has 0 saturated carbocycles. The molecule has 0 spiro atoms. The molecular formula is C39H48F2O7. The van der Waals surface area contributed by atoms with Gasteiger partial charge >= 0.3 is 17.9 Å². The fraction of sp³-hybridized carbons (Fsp3) is 0.462. The van der Waals surface area contributed by atoms with E-state index in [4.69, 9.17) is 18.9 Å². The number of carbonyl (C=O) groups is 3. The maximum Gasteiger partial charge on any atom is 0.343 e. The Morgan fingerprint density at radius 3 is 1.67 bits per heavy atom. The predicted octanol–water partition coefficient (Wildman–Crippen LogP) is 10.4. The SMILES string of the molecule is CCCCCCCCCCOc1ccc(C(=O)Oc2ccc(C(=O)Oc3ccc(C(=O)OC(C)CCCCCC)cc3)cc2F)cc1F. The van der Waals surface area contributed by atoms with Gasteiger partial charge < -0.3 is 18.9 Å². The third-order valence-corrected chi connectivity index (χ3v) is 7.87. The van der Waals surface area contributed by atoms with Crippen molar-refractivity contribution in [3.05, 3.63) is 89.0 Å². The second kappa shape index (κ2) is 20.9. The highest BCUT2D eigenvalue weighted by Crippen LogP contribution is 2.24. The highest BCUT2D eigenvalue weighted by Gasteiger charge is 2.18. The standard InChI is InChI=1S/C39H48F2O7/c1-4-6-8-10-11-12-13-15-25-45-35-23-19-31(26-33(35)40)39(44)48-36-24-20-30(27-34(36)41)38(43)47-32-21-17-29(18-22-32)37(42)46-28(3)16-14-9-7-5-2/h17-24,26-28H,4-16,25H2,1-3H3. The van der Waals surface area contributed by atoms with Crippen LogP contribution in [0.15, 0.2) is 60.7 Å². The molecule has 0 bridgehead atoms. The zero-order valence-corrected chi connectivity index (χ0v) is 28.4. The van der Waals surface area contributed by atoms with Crippen LogP contribution in [0.2, 0.25) is 0 Å². The van der Waals surface area contributed by atoms with Gasteiger partial charge in [-0.15, -0.1) is 0 Å². The van der Waals surface area contributed by atoms with Crippen LogP contribution in [0.1, 0.15) is 135 Å². The van der Waals surface area contributed by atoms with Gasteiger partial charge in [-0.2, -0.15) is 0 Å². The van der Waals surface area contributed by atoms with E-state index in [2.05, 4.69) is 13.8 Å². The molecule has 0 saturated heterocycles. The van der Waals surface area contributed by atoms with Gasteiger partial charge in [-0.3, -0.25) is 0 Å². The zero-order valence-electron chi connectivity index (χ0n) is 28.4. The summed E-state index contributed by atoms with van der Waals surface area (Å²) in [4.78, 5) is 37.7. The smallest absolute Gasteiger partial charge is 0.343 e. The summed E-state index contributed by atoms with van der Waals surface area (Å²) >= 11 is 0. The maximum atomic E-state index is 14.8. The Labute approximate surface area is 282 Å². The normalized spacial score (nSPS) is 11.5. The van der Waals surface area contributed by atoms with E-state index in [1.165, 1.54) is 74.6 Å². The molecule has 1 atom stereocenters. The summed E-state index contributed by atoms with van der Waals surface area (Å²) in [5, 5.41) is 0. The van der Waals surface area contributed by atoms with E-state index in [0.29, 0.717) is 12.2 Å². The van der Waals surface area contributed by atoms with E-state index in [1.54, 1.807) is 0 Å². The van der Waals surface area contributed by atoms with Crippen molar-refractivity contribution in [3.8, 4) is 17.2 Å². The first-order valence-corrected chi connectivity index (χ1v) is 17.2. The lowest BCUT2D eigenvalue weighted by Gasteiger charge is -2.13. The molecule has 3 rings (SSSR count). The van der Waals surface area contributed by atoms with Crippen molar-refractivity contribution in [3.63, 3.8) is 0 Å². The number of carbonyl (C=O) groups excluding carboxylic acids is 3. The van der Waals surface area contributed by atoms with Gasteiger partial charge in [0, 0.05) is 0 Å². The van der Waals surface area contributed by atoms with Crippen molar-refractivity contribution < 1.29 is 42.1 Å². The van der Waals surface area contributed by atoms with E-state index < -0.39 is 35.3 Å². The van der Waals surface area contributed by atoms with Crippen LogP contribution < -0.4 is 14.2 Å². The first-order valence-electron chi connectivity index (χ1n) is 17.2. The molecule has 0 N–H and O–H groups in total. The fourth-order valence-electron chi connectivity index (χ4n) is 5.03. The molecule has 1 unspecified atom stereocenters. The van der Waals surface area contributed by atoms with Crippen molar-refractivity contribution in [1.29, 1.82) is 0 Å². The van der Waals surface area contributed by atoms with E-state index in [-0.39, 0.29) is 28.7 Å². The number of esters is 3. The monoisotopic (exact) mass is 666 g/mol. The van der Waals surface area contributed by atoms with Crippen LogP contribution in [-0.4, -0.2) is 30.6 Å². The van der Waals surface area contributed by atoms with Crippen molar-refractivity contribution in [1.82, 2.24) is 0 Å². The lowest BCUT2D eigenvalue weighted by atomic mass is 10.1. The van der Waals surface area contributed by atoms with Gasteiger partial charge in [-0.1, -0.05) is 78.1 Å². The molecule has 0 heterocycles. The van der Waals surface area contributed by atoms with Crippen LogP contribution in [0.5, 0.6) is 17.2 Å². The topological polar surface area (TPSA) is 88.1 Å². The highest BCUT2D eigenvalue weighted by atomic mass is 19.1. The Morgan fingerprint density at radius 2 is 1.08 bits per heavy atom. The molecule has 260 valence electrons. The van der Waals surface area contributed by atoms with Gasteiger partial charge in [0.15, 0.2) is 23.1 Å². The number of unbranched alkanes of at least 4 members (excludes halogenated alkanes) is 10. The van der Waals surface area contributed by atoms with Gasteiger partial charge in [0.05, 0.1) is 29.4 Å². The molecule has 0 aromatic heterocycles. The Morgan fingerprint density at radius 1 is 0.583 bits per heavy atom. The van der Waals surface area contributed by atoms with Crippen LogP contribution in [-0.2, 0) is 4.74 Å². The zero-order chi connectivity index (χ0) is 34.7. The molecule has 0 amide bonds. The molecule has 0 fully saturated rings. The Kier molecular flexibility index (Phi) is 16.6. The van der Waals surface area contributed by atoms with Gasteiger partial charge in [0.25, 0.3) is 0 Å². The lowest BCUT2D eigenvalue weighted by molar-refractivity contribution is 0.0319. The van der Waals surface area contributed by atoms with E-state index in [9.17, 15) is 23.2 Å². The third kappa shape index (κ3) is 13.1. The Bertz CT molecular complexity index is 1460. The lowest BCUT2D eigenvalue weighted by Crippen LogP contribution is -2.15. The Hall–Kier alpha value is -4.27. The van der Waals surface area contributed by atoms with E-state index >= 15 is 0 Å². The van der Waals surface area contributed by atoms with Gasteiger partial charge in [0.2, 0.25) is 0 Å². The number of hydrogen-bond donors (Lipinski definition) is 0. The molecule has 0 aliphatic heterocycles. The molecule has 3 aromatic carbocycles. The second-order valence-electron chi connectivity index (χ2n) is 12.0. The quantitative estimate of drug-likeness (QED) is 0.0635. The first-order chi connectivity index (χ1) is 23.2. The summed E-state index contributed by atoms with van der Waals surface area (Å²) in [6, 6.07) is 12.8. The molecule has 3 aromatic rings. The molecule has 9 heteroatoms. The maximum absolute atomic E-state index is 14.8. The van der Waals surface area contributed by atoms with Crippen molar-refractivity contribution in [2.45, 2.75) is 110 Å². The number of halogens is 2. The molecular weight excluding hydrogens is 618 g/mol. The first kappa shape index (κ1) is 38.2. The van der Waals surface area contributed by atoms with Crippen molar-refractivity contribution in [2.24, 2.45) is 0 Å². The van der Waals surface area contributed by atoms with Gasteiger partial charge in [-0.05, 0) is 86.8 Å². The molecule has 0 aliphatic rings. The minimum atomic E-state index is -0.981. The van der Waals surface area contributed by atoms with Gasteiger partial charge in [0.1, 0.15) is 5.75 Å². The van der Waals surface area contributed by atoms with Crippen LogP contribution in [0.25, 0.3) is 0 Å².